The van der Waals surface area contributed by atoms with E-state index in [-0.39, 0.29) is 16.8 Å². The van der Waals surface area contributed by atoms with Gasteiger partial charge in [0.05, 0.1) is 5.56 Å². The predicted molar refractivity (Wildman–Crippen MR) is 159 cm³/mol. The highest BCUT2D eigenvalue weighted by Gasteiger charge is 2.28. The topological polar surface area (TPSA) is 52.6 Å². The van der Waals surface area contributed by atoms with Crippen molar-refractivity contribution in [1.29, 1.82) is 0 Å². The number of hydrogen-bond acceptors (Lipinski definition) is 4. The molecule has 0 aliphatic rings. The van der Waals surface area contributed by atoms with Gasteiger partial charge in [-0.3, -0.25) is 4.79 Å². The number of ether oxygens (including phenoxy) is 2. The summed E-state index contributed by atoms with van der Waals surface area (Å²) in [6.07, 6.45) is 3.79. The minimum absolute atomic E-state index is 0.0369. The number of esters is 1. The Balaban J connectivity index is 1.71. The van der Waals surface area contributed by atoms with E-state index in [9.17, 15) is 9.59 Å². The summed E-state index contributed by atoms with van der Waals surface area (Å²) in [5, 5.41) is 0. The molecule has 0 heterocycles. The van der Waals surface area contributed by atoms with Crippen LogP contribution < -0.4 is 9.47 Å². The number of carbonyl (C=O) groups is 2. The quantitative estimate of drug-likeness (QED) is 0.134. The molecule has 208 valence electrons. The maximum atomic E-state index is 13.0. The van der Waals surface area contributed by atoms with Gasteiger partial charge in [0.25, 0.3) is 0 Å². The van der Waals surface area contributed by atoms with Crippen molar-refractivity contribution in [3.8, 4) is 11.5 Å². The summed E-state index contributed by atoms with van der Waals surface area (Å²) in [5.74, 6) is 0.890. The molecule has 0 aliphatic heterocycles. The fourth-order valence-electron chi connectivity index (χ4n) is 5.10. The standard InChI is InChI=1S/C35H44O4/c1-9-22-33(3,4)31(36)25-12-11-13-26(24-25)32(37)38-29-18-14-27(15-19-29)35(7,8)28-16-20-30(21-17-28)39-34(5,6)23-10-2/h11-21,24H,9-10,22-23H2,1-8H3. The smallest absolute Gasteiger partial charge is 0.343 e. The lowest BCUT2D eigenvalue weighted by Crippen LogP contribution is -2.27. The van der Waals surface area contributed by atoms with Gasteiger partial charge in [-0.05, 0) is 74.2 Å². The van der Waals surface area contributed by atoms with E-state index in [1.54, 1.807) is 24.3 Å². The Labute approximate surface area is 234 Å². The number of benzene rings is 3. The minimum atomic E-state index is -0.480. The fraction of sp³-hybridized carbons (Fsp3) is 0.429. The van der Waals surface area contributed by atoms with Crippen LogP contribution in [0.4, 0.5) is 0 Å². The molecular formula is C35H44O4. The summed E-state index contributed by atoms with van der Waals surface area (Å²) in [7, 11) is 0. The van der Waals surface area contributed by atoms with Crippen LogP contribution in [0, 0.1) is 5.41 Å². The van der Waals surface area contributed by atoms with Gasteiger partial charge in [0.15, 0.2) is 5.78 Å². The lowest BCUT2D eigenvalue weighted by Gasteiger charge is -2.28. The Hall–Kier alpha value is -3.40. The Bertz CT molecular complexity index is 1260. The monoisotopic (exact) mass is 528 g/mol. The molecule has 4 heteroatoms. The third kappa shape index (κ3) is 7.59. The molecule has 0 aromatic heterocycles. The van der Waals surface area contributed by atoms with Crippen LogP contribution in [0.5, 0.6) is 11.5 Å². The van der Waals surface area contributed by atoms with E-state index in [1.165, 1.54) is 5.56 Å². The molecule has 0 fully saturated rings. The van der Waals surface area contributed by atoms with Crippen LogP contribution in [0.3, 0.4) is 0 Å². The number of Topliss-reactive ketones (excluding diaryl/α,β-unsaturated/α-hetero) is 1. The molecule has 0 aliphatic carbocycles. The molecule has 4 nitrogen and oxygen atoms in total. The summed E-state index contributed by atoms with van der Waals surface area (Å²) in [5.41, 5.74) is 2.25. The van der Waals surface area contributed by atoms with E-state index in [0.717, 1.165) is 37.0 Å². The van der Waals surface area contributed by atoms with Crippen molar-refractivity contribution in [3.63, 3.8) is 0 Å². The minimum Gasteiger partial charge on any atom is -0.488 e. The molecule has 0 unspecified atom stereocenters. The zero-order valence-electron chi connectivity index (χ0n) is 24.9. The van der Waals surface area contributed by atoms with E-state index in [4.69, 9.17) is 9.47 Å². The van der Waals surface area contributed by atoms with Crippen molar-refractivity contribution in [2.75, 3.05) is 0 Å². The van der Waals surface area contributed by atoms with Crippen LogP contribution >= 0.6 is 0 Å². The number of hydrogen-bond donors (Lipinski definition) is 0. The Morgan fingerprint density at radius 1 is 0.667 bits per heavy atom. The van der Waals surface area contributed by atoms with Gasteiger partial charge < -0.3 is 9.47 Å². The van der Waals surface area contributed by atoms with Gasteiger partial charge in [-0.15, -0.1) is 0 Å². The summed E-state index contributed by atoms with van der Waals surface area (Å²) >= 11 is 0. The highest BCUT2D eigenvalue weighted by atomic mass is 16.5. The van der Waals surface area contributed by atoms with Crippen LogP contribution in [0.25, 0.3) is 0 Å². The SMILES string of the molecule is CCCC(C)(C)Oc1ccc(C(C)(C)c2ccc(OC(=O)c3cccc(C(=O)C(C)(C)CCC)c3)cc2)cc1. The van der Waals surface area contributed by atoms with E-state index in [2.05, 4.69) is 53.7 Å². The molecule has 0 atom stereocenters. The molecule has 0 N–H and O–H groups in total. The van der Waals surface area contributed by atoms with Crippen molar-refractivity contribution >= 4 is 11.8 Å². The average molecular weight is 529 g/mol. The molecule has 3 aromatic carbocycles. The summed E-state index contributed by atoms with van der Waals surface area (Å²) in [6, 6.07) is 22.7. The van der Waals surface area contributed by atoms with Gasteiger partial charge in [0.1, 0.15) is 17.1 Å². The van der Waals surface area contributed by atoms with E-state index in [0.29, 0.717) is 16.9 Å². The highest BCUT2D eigenvalue weighted by molar-refractivity contribution is 6.02. The normalized spacial score (nSPS) is 12.2. The lowest BCUT2D eigenvalue weighted by molar-refractivity contribution is 0.0734. The van der Waals surface area contributed by atoms with Crippen LogP contribution in [0.15, 0.2) is 72.8 Å². The molecule has 39 heavy (non-hydrogen) atoms. The van der Waals surface area contributed by atoms with Crippen molar-refractivity contribution in [2.45, 2.75) is 92.1 Å². The molecule has 0 bridgehead atoms. The zero-order valence-corrected chi connectivity index (χ0v) is 24.9. The first-order chi connectivity index (χ1) is 18.3. The van der Waals surface area contributed by atoms with Crippen LogP contribution in [0.2, 0.25) is 0 Å². The average Bonchev–Trinajstić information content (AvgIpc) is 2.88. The zero-order chi connectivity index (χ0) is 28.8. The second-order valence-electron chi connectivity index (χ2n) is 12.2. The van der Waals surface area contributed by atoms with Gasteiger partial charge in [0.2, 0.25) is 0 Å². The molecule has 0 spiro atoms. The van der Waals surface area contributed by atoms with Gasteiger partial charge in [0, 0.05) is 16.4 Å². The first-order valence-corrected chi connectivity index (χ1v) is 14.1. The molecule has 0 amide bonds. The Morgan fingerprint density at radius 2 is 1.18 bits per heavy atom. The number of carbonyl (C=O) groups excluding carboxylic acids is 2. The third-order valence-electron chi connectivity index (χ3n) is 7.46. The second-order valence-corrected chi connectivity index (χ2v) is 12.2. The molecule has 3 aromatic rings. The number of ketones is 1. The van der Waals surface area contributed by atoms with Crippen molar-refractivity contribution < 1.29 is 19.1 Å². The summed E-state index contributed by atoms with van der Waals surface area (Å²) in [4.78, 5) is 25.9. The lowest BCUT2D eigenvalue weighted by atomic mass is 9.78. The first kappa shape index (κ1) is 30.1. The van der Waals surface area contributed by atoms with Gasteiger partial charge in [-0.1, -0.05) is 90.8 Å². The fourth-order valence-corrected chi connectivity index (χ4v) is 5.10. The molecular weight excluding hydrogens is 484 g/mol. The second kappa shape index (κ2) is 12.2. The van der Waals surface area contributed by atoms with Gasteiger partial charge >= 0.3 is 5.97 Å². The maximum absolute atomic E-state index is 13.0. The molecule has 0 saturated heterocycles. The Kier molecular flexibility index (Phi) is 9.43. The maximum Gasteiger partial charge on any atom is 0.343 e. The molecule has 3 rings (SSSR count). The van der Waals surface area contributed by atoms with Crippen molar-refractivity contribution in [1.82, 2.24) is 0 Å². The van der Waals surface area contributed by atoms with Crippen molar-refractivity contribution in [2.24, 2.45) is 5.41 Å². The Morgan fingerprint density at radius 3 is 1.72 bits per heavy atom. The summed E-state index contributed by atoms with van der Waals surface area (Å²) in [6.45, 7) is 16.7. The summed E-state index contributed by atoms with van der Waals surface area (Å²) < 4.78 is 11.8. The third-order valence-corrected chi connectivity index (χ3v) is 7.46. The predicted octanol–water partition coefficient (Wildman–Crippen LogP) is 9.20. The van der Waals surface area contributed by atoms with Gasteiger partial charge in [-0.2, -0.15) is 0 Å². The van der Waals surface area contributed by atoms with E-state index < -0.39 is 11.4 Å². The highest BCUT2D eigenvalue weighted by Crippen LogP contribution is 2.34. The molecule has 0 radical (unpaired) electrons. The largest absolute Gasteiger partial charge is 0.488 e. The van der Waals surface area contributed by atoms with Crippen molar-refractivity contribution in [3.05, 3.63) is 95.1 Å². The van der Waals surface area contributed by atoms with Crippen LogP contribution in [-0.4, -0.2) is 17.4 Å². The van der Waals surface area contributed by atoms with Crippen LogP contribution in [-0.2, 0) is 5.41 Å². The van der Waals surface area contributed by atoms with E-state index >= 15 is 0 Å². The first-order valence-electron chi connectivity index (χ1n) is 14.1. The number of rotatable bonds is 12. The van der Waals surface area contributed by atoms with E-state index in [1.807, 2.05) is 50.2 Å². The van der Waals surface area contributed by atoms with Crippen LogP contribution in [0.1, 0.15) is 113 Å². The van der Waals surface area contributed by atoms with Gasteiger partial charge in [-0.25, -0.2) is 4.79 Å². The molecule has 0 saturated carbocycles.